The molecule has 3 aliphatic rings. The first kappa shape index (κ1) is 14.5. The summed E-state index contributed by atoms with van der Waals surface area (Å²) in [4.78, 5) is 4.54. The fraction of sp³-hybridized carbons (Fsp3) is 0.600. The minimum Gasteiger partial charge on any atom is -0.375 e. The van der Waals surface area contributed by atoms with Gasteiger partial charge in [-0.3, -0.25) is 0 Å². The van der Waals surface area contributed by atoms with Crippen LogP contribution in [-0.2, 0) is 11.3 Å². The Morgan fingerprint density at radius 2 is 2.29 bits per heavy atom. The van der Waals surface area contributed by atoms with E-state index in [0.29, 0.717) is 11.0 Å². The average molecular weight is 321 g/mol. The van der Waals surface area contributed by atoms with Crippen LogP contribution in [0.5, 0.6) is 0 Å². The number of nitrogens with zero attached hydrogens (tertiary/aromatic N) is 3. The summed E-state index contributed by atoms with van der Waals surface area (Å²) in [6, 6.07) is 8.03. The van der Waals surface area contributed by atoms with Gasteiger partial charge >= 0.3 is 0 Å². The molecule has 0 unspecified atom stereocenters. The first-order valence-electron chi connectivity index (χ1n) is 9.21. The Morgan fingerprint density at radius 1 is 1.33 bits per heavy atom. The van der Waals surface area contributed by atoms with Gasteiger partial charge in [-0.05, 0) is 74.5 Å². The maximum atomic E-state index is 9.18. The quantitative estimate of drug-likeness (QED) is 0.839. The molecule has 2 aromatic rings. The van der Waals surface area contributed by atoms with Gasteiger partial charge in [0.15, 0.2) is 0 Å². The number of nitriles is 1. The Labute approximate surface area is 142 Å². The molecular weight excluding hydrogens is 298 g/mol. The highest BCUT2D eigenvalue weighted by atomic mass is 16.5. The van der Waals surface area contributed by atoms with Crippen molar-refractivity contribution < 1.29 is 4.74 Å². The number of aromatic nitrogens is 2. The van der Waals surface area contributed by atoms with E-state index in [1.165, 1.54) is 44.9 Å². The summed E-state index contributed by atoms with van der Waals surface area (Å²) in [7, 11) is 0. The highest BCUT2D eigenvalue weighted by molar-refractivity contribution is 5.77. The van der Waals surface area contributed by atoms with Crippen LogP contribution in [0.1, 0.15) is 50.5 Å². The molecule has 124 valence electrons. The molecule has 2 saturated carbocycles. The van der Waals surface area contributed by atoms with E-state index in [1.54, 1.807) is 0 Å². The van der Waals surface area contributed by atoms with Gasteiger partial charge in [-0.25, -0.2) is 4.98 Å². The third-order valence-corrected chi connectivity index (χ3v) is 6.65. The number of hydrogen-bond acceptors (Lipinski definition) is 3. The molecule has 0 bridgehead atoms. The second-order valence-electron chi connectivity index (χ2n) is 8.16. The Morgan fingerprint density at radius 3 is 3.12 bits per heavy atom. The minimum atomic E-state index is 0.152. The van der Waals surface area contributed by atoms with Crippen molar-refractivity contribution in [3.8, 4) is 6.07 Å². The second-order valence-corrected chi connectivity index (χ2v) is 8.16. The van der Waals surface area contributed by atoms with E-state index in [9.17, 15) is 5.26 Å². The fourth-order valence-electron chi connectivity index (χ4n) is 5.31. The molecule has 1 aromatic heterocycles. The van der Waals surface area contributed by atoms with Gasteiger partial charge in [-0.15, -0.1) is 0 Å². The van der Waals surface area contributed by atoms with Crippen LogP contribution < -0.4 is 0 Å². The second kappa shape index (κ2) is 5.07. The zero-order chi connectivity index (χ0) is 16.2. The first-order chi connectivity index (χ1) is 11.7. The van der Waals surface area contributed by atoms with Crippen molar-refractivity contribution in [1.82, 2.24) is 9.55 Å². The molecule has 4 nitrogen and oxygen atoms in total. The van der Waals surface area contributed by atoms with Gasteiger partial charge in [-0.2, -0.15) is 5.26 Å². The monoisotopic (exact) mass is 321 g/mol. The zero-order valence-corrected chi connectivity index (χ0v) is 14.0. The number of benzene rings is 1. The van der Waals surface area contributed by atoms with Crippen molar-refractivity contribution >= 4 is 11.0 Å². The maximum Gasteiger partial charge on any atom is 0.0992 e. The molecule has 5 rings (SSSR count). The maximum absolute atomic E-state index is 9.18. The van der Waals surface area contributed by atoms with Gasteiger partial charge < -0.3 is 9.30 Å². The predicted molar refractivity (Wildman–Crippen MR) is 91.4 cm³/mol. The van der Waals surface area contributed by atoms with Crippen molar-refractivity contribution in [3.05, 3.63) is 30.1 Å². The minimum absolute atomic E-state index is 0.152. The number of ether oxygens (including phenoxy) is 1. The summed E-state index contributed by atoms with van der Waals surface area (Å²) in [5.41, 5.74) is 3.34. The highest BCUT2D eigenvalue weighted by Gasteiger charge is 2.61. The summed E-state index contributed by atoms with van der Waals surface area (Å²) in [5.74, 6) is 0.852. The van der Waals surface area contributed by atoms with Crippen molar-refractivity contribution in [2.24, 2.45) is 11.3 Å². The molecule has 0 N–H and O–H groups in total. The lowest BCUT2D eigenvalue weighted by Crippen LogP contribution is -2.42. The molecule has 1 aliphatic heterocycles. The molecule has 1 aromatic carbocycles. The summed E-state index contributed by atoms with van der Waals surface area (Å²) < 4.78 is 8.58. The van der Waals surface area contributed by atoms with E-state index in [2.05, 4.69) is 15.6 Å². The standard InChI is InChI=1S/C20H23N3O/c21-11-15-3-4-17-18(9-15)23(14-22-17)13-19-10-16(19)5-7-20(12-19)6-1-2-8-24-20/h3-4,9,14,16H,1-2,5-8,10,12-13H2/t16-,19-,20-/m0/s1. The summed E-state index contributed by atoms with van der Waals surface area (Å²) in [6.45, 7) is 1.97. The van der Waals surface area contributed by atoms with Gasteiger partial charge in [0.2, 0.25) is 0 Å². The molecule has 0 amide bonds. The van der Waals surface area contributed by atoms with Gasteiger partial charge in [-0.1, -0.05) is 0 Å². The average Bonchev–Trinajstić information content (AvgIpc) is 3.17. The number of hydrogen-bond donors (Lipinski definition) is 0. The summed E-state index contributed by atoms with van der Waals surface area (Å²) >= 11 is 0. The van der Waals surface area contributed by atoms with E-state index in [4.69, 9.17) is 4.74 Å². The molecule has 1 saturated heterocycles. The van der Waals surface area contributed by atoms with Crippen molar-refractivity contribution in [2.75, 3.05) is 6.61 Å². The van der Waals surface area contributed by atoms with Gasteiger partial charge in [0.25, 0.3) is 0 Å². The first-order valence-corrected chi connectivity index (χ1v) is 9.21. The van der Waals surface area contributed by atoms with E-state index in [-0.39, 0.29) is 5.60 Å². The van der Waals surface area contributed by atoms with Crippen LogP contribution in [0.15, 0.2) is 24.5 Å². The molecule has 3 fully saturated rings. The molecule has 3 atom stereocenters. The van der Waals surface area contributed by atoms with Crippen LogP contribution in [0.3, 0.4) is 0 Å². The lowest BCUT2D eigenvalue weighted by molar-refractivity contribution is -0.115. The SMILES string of the molecule is N#Cc1ccc2ncn(C[C@@]34C[C@@H]3CC[C@@]3(CCCCO3)C4)c2c1. The largest absolute Gasteiger partial charge is 0.375 e. The highest BCUT2D eigenvalue weighted by Crippen LogP contribution is 2.66. The zero-order valence-electron chi connectivity index (χ0n) is 14.0. The van der Waals surface area contributed by atoms with E-state index >= 15 is 0 Å². The fourth-order valence-corrected chi connectivity index (χ4v) is 5.31. The van der Waals surface area contributed by atoms with Crippen LogP contribution in [0.2, 0.25) is 0 Å². The Bertz CT molecular complexity index is 827. The van der Waals surface area contributed by atoms with Gasteiger partial charge in [0.05, 0.1) is 34.6 Å². The predicted octanol–water partition coefficient (Wildman–Crippen LogP) is 4.04. The third kappa shape index (κ3) is 2.18. The molecule has 0 radical (unpaired) electrons. The number of imidazole rings is 1. The Hall–Kier alpha value is -1.86. The molecule has 24 heavy (non-hydrogen) atoms. The van der Waals surface area contributed by atoms with Crippen molar-refractivity contribution in [2.45, 2.75) is 57.1 Å². The van der Waals surface area contributed by atoms with Crippen LogP contribution in [0.25, 0.3) is 11.0 Å². The number of rotatable bonds is 2. The smallest absolute Gasteiger partial charge is 0.0992 e. The molecule has 2 aliphatic carbocycles. The topological polar surface area (TPSA) is 50.8 Å². The van der Waals surface area contributed by atoms with E-state index in [1.807, 2.05) is 24.5 Å². The molecular formula is C20H23N3O. The van der Waals surface area contributed by atoms with Crippen LogP contribution in [-0.4, -0.2) is 21.8 Å². The molecule has 4 heteroatoms. The van der Waals surface area contributed by atoms with Crippen LogP contribution in [0, 0.1) is 22.7 Å². The lowest BCUT2D eigenvalue weighted by Gasteiger charge is -2.43. The number of fused-ring (bicyclic) bond motifs is 2. The Kier molecular flexibility index (Phi) is 3.06. The lowest BCUT2D eigenvalue weighted by atomic mass is 9.74. The summed E-state index contributed by atoms with van der Waals surface area (Å²) in [5, 5.41) is 9.18. The van der Waals surface area contributed by atoms with Crippen LogP contribution >= 0.6 is 0 Å². The van der Waals surface area contributed by atoms with E-state index < -0.39 is 0 Å². The van der Waals surface area contributed by atoms with Crippen LogP contribution in [0.4, 0.5) is 0 Å². The third-order valence-electron chi connectivity index (χ3n) is 6.65. The summed E-state index contributed by atoms with van der Waals surface area (Å²) in [6.07, 6.45) is 10.8. The van der Waals surface area contributed by atoms with Crippen molar-refractivity contribution in [1.29, 1.82) is 5.26 Å². The normalized spacial score (nSPS) is 34.9. The van der Waals surface area contributed by atoms with Gasteiger partial charge in [0.1, 0.15) is 0 Å². The van der Waals surface area contributed by atoms with Crippen molar-refractivity contribution in [3.63, 3.8) is 0 Å². The molecule has 2 heterocycles. The Balaban J connectivity index is 1.44. The van der Waals surface area contributed by atoms with Gasteiger partial charge in [0, 0.05) is 13.2 Å². The molecule has 1 spiro atoms. The van der Waals surface area contributed by atoms with E-state index in [0.717, 1.165) is 30.1 Å².